The number of hydrogen-bond acceptors (Lipinski definition) is 9. The van der Waals surface area contributed by atoms with Crippen LogP contribution in [0.5, 0.6) is 5.75 Å². The zero-order chi connectivity index (χ0) is 34.7. The quantitative estimate of drug-likeness (QED) is 0.182. The van der Waals surface area contributed by atoms with Crippen LogP contribution in [-0.4, -0.2) is 74.6 Å². The maximum absolute atomic E-state index is 13.7. The second kappa shape index (κ2) is 14.5. The molecule has 0 N–H and O–H groups in total. The highest BCUT2D eigenvalue weighted by Gasteiger charge is 2.45. The minimum absolute atomic E-state index is 0.101. The number of ether oxygens (including phenoxy) is 3. The average molecular weight is 683 g/mol. The van der Waals surface area contributed by atoms with Crippen molar-refractivity contribution in [3.05, 3.63) is 113 Å². The third kappa shape index (κ3) is 6.88. The molecule has 4 heterocycles. The predicted molar refractivity (Wildman–Crippen MR) is 187 cm³/mol. The molecule has 2 aliphatic rings. The molecule has 2 unspecified atom stereocenters. The van der Waals surface area contributed by atoms with E-state index in [1.54, 1.807) is 29.4 Å². The van der Waals surface area contributed by atoms with Gasteiger partial charge in [0.05, 0.1) is 18.7 Å². The van der Waals surface area contributed by atoms with Crippen molar-refractivity contribution < 1.29 is 18.6 Å². The molecule has 3 aromatic carbocycles. The molecular formula is C37H43FN8O4. The van der Waals surface area contributed by atoms with E-state index in [4.69, 9.17) is 14.2 Å². The Balaban J connectivity index is 0.920. The molecule has 7 rings (SSSR count). The summed E-state index contributed by atoms with van der Waals surface area (Å²) in [4.78, 5) is 17.7. The van der Waals surface area contributed by atoms with Gasteiger partial charge < -0.3 is 28.6 Å². The number of hydrogen-bond donors (Lipinski definition) is 0. The van der Waals surface area contributed by atoms with Gasteiger partial charge in [-0.2, -0.15) is 9.78 Å². The van der Waals surface area contributed by atoms with Crippen LogP contribution < -0.4 is 20.2 Å². The van der Waals surface area contributed by atoms with E-state index in [2.05, 4.69) is 63.2 Å². The minimum atomic E-state index is -1.12. The SMILES string of the molecule is CCC(CC)n1cnn(-c2ccc(N3CCN(c4ccc(OCC5COC(Cc6nncn6C)(c6ccc(F)cc6)O5)cc4)CC3)cc2)c1=O. The predicted octanol–water partition coefficient (Wildman–Crippen LogP) is 4.88. The lowest BCUT2D eigenvalue weighted by molar-refractivity contribution is -0.179. The molecule has 2 fully saturated rings. The van der Waals surface area contributed by atoms with Crippen molar-refractivity contribution in [1.82, 2.24) is 29.1 Å². The van der Waals surface area contributed by atoms with E-state index in [0.29, 0.717) is 31.0 Å². The Bertz CT molecular complexity index is 1910. The zero-order valence-electron chi connectivity index (χ0n) is 28.7. The summed E-state index contributed by atoms with van der Waals surface area (Å²) in [6.07, 6.45) is 5.06. The summed E-state index contributed by atoms with van der Waals surface area (Å²) in [5.41, 5.74) is 3.64. The number of nitrogens with zero attached hydrogens (tertiary/aromatic N) is 8. The topological polar surface area (TPSA) is 105 Å². The molecule has 0 aliphatic carbocycles. The Labute approximate surface area is 290 Å². The molecule has 0 saturated carbocycles. The van der Waals surface area contributed by atoms with Crippen molar-refractivity contribution in [2.24, 2.45) is 7.05 Å². The van der Waals surface area contributed by atoms with Gasteiger partial charge in [-0.1, -0.05) is 26.0 Å². The first-order chi connectivity index (χ1) is 24.4. The van der Waals surface area contributed by atoms with E-state index < -0.39 is 5.79 Å². The zero-order valence-corrected chi connectivity index (χ0v) is 28.7. The number of benzene rings is 3. The van der Waals surface area contributed by atoms with E-state index in [1.807, 2.05) is 35.9 Å². The van der Waals surface area contributed by atoms with Crippen LogP contribution in [0.1, 0.15) is 44.1 Å². The van der Waals surface area contributed by atoms with Crippen LogP contribution >= 0.6 is 0 Å². The molecule has 5 aromatic rings. The van der Waals surface area contributed by atoms with Gasteiger partial charge in [0.25, 0.3) is 0 Å². The molecule has 2 aromatic heterocycles. The third-order valence-electron chi connectivity index (χ3n) is 9.75. The van der Waals surface area contributed by atoms with Crippen LogP contribution in [0.4, 0.5) is 15.8 Å². The van der Waals surface area contributed by atoms with Crippen LogP contribution in [0.3, 0.4) is 0 Å². The Kier molecular flexibility index (Phi) is 9.68. The molecule has 12 nitrogen and oxygen atoms in total. The smallest absolute Gasteiger partial charge is 0.350 e. The first-order valence-electron chi connectivity index (χ1n) is 17.3. The molecule has 0 spiro atoms. The number of halogens is 1. The first kappa shape index (κ1) is 33.5. The van der Waals surface area contributed by atoms with Gasteiger partial charge in [-0.25, -0.2) is 9.18 Å². The number of anilines is 2. The highest BCUT2D eigenvalue weighted by atomic mass is 19.1. The summed E-state index contributed by atoms with van der Waals surface area (Å²) >= 11 is 0. The Morgan fingerprint density at radius 2 is 1.50 bits per heavy atom. The Hall–Kier alpha value is -5.01. The first-order valence-corrected chi connectivity index (χ1v) is 17.3. The largest absolute Gasteiger partial charge is 0.491 e. The Morgan fingerprint density at radius 3 is 2.10 bits per heavy atom. The number of piperazine rings is 1. The van der Waals surface area contributed by atoms with Crippen LogP contribution in [0.25, 0.3) is 5.69 Å². The summed E-state index contributed by atoms with van der Waals surface area (Å²) in [6.45, 7) is 8.32. The van der Waals surface area contributed by atoms with Gasteiger partial charge in [-0.15, -0.1) is 10.2 Å². The molecule has 50 heavy (non-hydrogen) atoms. The fourth-order valence-corrected chi connectivity index (χ4v) is 6.77. The highest BCUT2D eigenvalue weighted by molar-refractivity contribution is 5.54. The van der Waals surface area contributed by atoms with Crippen molar-refractivity contribution >= 4 is 11.4 Å². The van der Waals surface area contributed by atoms with Crippen LogP contribution in [-0.2, 0) is 28.7 Å². The van der Waals surface area contributed by atoms with E-state index in [-0.39, 0.29) is 23.7 Å². The Morgan fingerprint density at radius 1 is 0.880 bits per heavy atom. The molecule has 2 aliphatic heterocycles. The summed E-state index contributed by atoms with van der Waals surface area (Å²) < 4.78 is 37.6. The highest BCUT2D eigenvalue weighted by Crippen LogP contribution is 2.37. The molecule has 2 saturated heterocycles. The lowest BCUT2D eigenvalue weighted by atomic mass is 10.0. The van der Waals surface area contributed by atoms with E-state index in [1.165, 1.54) is 16.8 Å². The number of aryl methyl sites for hydroxylation is 1. The number of aromatic nitrogens is 6. The van der Waals surface area contributed by atoms with Gasteiger partial charge in [0.15, 0.2) is 0 Å². The summed E-state index contributed by atoms with van der Waals surface area (Å²) in [5, 5.41) is 12.6. The second-order valence-corrected chi connectivity index (χ2v) is 12.8. The third-order valence-corrected chi connectivity index (χ3v) is 9.75. The molecule has 0 radical (unpaired) electrons. The monoisotopic (exact) mass is 682 g/mol. The fourth-order valence-electron chi connectivity index (χ4n) is 6.77. The lowest BCUT2D eigenvalue weighted by Gasteiger charge is -2.37. The van der Waals surface area contributed by atoms with Crippen molar-refractivity contribution in [3.8, 4) is 11.4 Å². The van der Waals surface area contributed by atoms with E-state index in [9.17, 15) is 9.18 Å². The van der Waals surface area contributed by atoms with Crippen molar-refractivity contribution in [2.75, 3.05) is 49.2 Å². The maximum Gasteiger partial charge on any atom is 0.350 e. The summed E-state index contributed by atoms with van der Waals surface area (Å²) in [6, 6.07) is 22.5. The molecule has 262 valence electrons. The standard InChI is InChI=1S/C37H43FN8O4/c1-4-29(5-2)45-26-40-46(36(45)47)32-12-10-30(11-13-32)43-18-20-44(21-19-43)31-14-16-33(17-15-31)48-23-34-24-49-37(50-34,22-35-41-39-25-42(35)3)27-6-8-28(38)9-7-27/h6-17,25-26,29,34H,4-5,18-24H2,1-3H3. The molecule has 0 bridgehead atoms. The van der Waals surface area contributed by atoms with Crippen molar-refractivity contribution in [2.45, 2.75) is 51.0 Å². The average Bonchev–Trinajstić information content (AvgIpc) is 3.87. The molecule has 2 atom stereocenters. The van der Waals surface area contributed by atoms with Gasteiger partial charge in [0, 0.05) is 56.2 Å². The molecule has 0 amide bonds. The number of rotatable bonds is 12. The minimum Gasteiger partial charge on any atom is -0.491 e. The van der Waals surface area contributed by atoms with Crippen LogP contribution in [0.15, 0.2) is 90.2 Å². The summed E-state index contributed by atoms with van der Waals surface area (Å²) in [5.74, 6) is -0.00691. The van der Waals surface area contributed by atoms with Gasteiger partial charge in [0.1, 0.15) is 42.8 Å². The van der Waals surface area contributed by atoms with Crippen molar-refractivity contribution in [1.29, 1.82) is 0 Å². The van der Waals surface area contributed by atoms with Gasteiger partial charge in [-0.05, 0) is 73.5 Å². The second-order valence-electron chi connectivity index (χ2n) is 12.8. The van der Waals surface area contributed by atoms with Gasteiger partial charge >= 0.3 is 5.69 Å². The maximum atomic E-state index is 13.7. The lowest BCUT2D eigenvalue weighted by Crippen LogP contribution is -2.46. The van der Waals surface area contributed by atoms with Crippen LogP contribution in [0.2, 0.25) is 0 Å². The summed E-state index contributed by atoms with van der Waals surface area (Å²) in [7, 11) is 1.86. The fraction of sp³-hybridized carbons (Fsp3) is 0.405. The van der Waals surface area contributed by atoms with E-state index in [0.717, 1.165) is 61.8 Å². The van der Waals surface area contributed by atoms with Crippen LogP contribution in [0, 0.1) is 5.82 Å². The van der Waals surface area contributed by atoms with Crippen molar-refractivity contribution in [3.63, 3.8) is 0 Å². The van der Waals surface area contributed by atoms with Gasteiger partial charge in [0.2, 0.25) is 5.79 Å². The normalized spacial score (nSPS) is 19.4. The van der Waals surface area contributed by atoms with E-state index >= 15 is 0 Å². The molecule has 13 heteroatoms. The molecular weight excluding hydrogens is 639 g/mol. The van der Waals surface area contributed by atoms with Gasteiger partial charge in [-0.3, -0.25) is 4.57 Å².